The fraction of sp³-hybridized carbons (Fsp3) is 0.429. The van der Waals surface area contributed by atoms with E-state index in [4.69, 9.17) is 9.47 Å². The minimum Gasteiger partial charge on any atom is -0.497 e. The Balaban J connectivity index is 1.57. The molecule has 31 heavy (non-hydrogen) atoms. The summed E-state index contributed by atoms with van der Waals surface area (Å²) in [6, 6.07) is 7.16. The number of amides is 1. The van der Waals surface area contributed by atoms with Gasteiger partial charge in [-0.3, -0.25) is 9.69 Å². The molecule has 1 aliphatic heterocycles. The first-order valence-corrected chi connectivity index (χ1v) is 9.77. The molecule has 1 amide bonds. The summed E-state index contributed by atoms with van der Waals surface area (Å²) < 4.78 is 48.6. The Morgan fingerprint density at radius 1 is 1.06 bits per heavy atom. The molecule has 1 aromatic heterocycles. The topological polar surface area (TPSA) is 66.9 Å². The fourth-order valence-corrected chi connectivity index (χ4v) is 3.37. The maximum absolute atomic E-state index is 12.7. The number of carbonyl (C=O) groups excluding carboxylic acids is 1. The summed E-state index contributed by atoms with van der Waals surface area (Å²) in [6.07, 6.45) is -3.56. The Hall–Kier alpha value is -3.01. The maximum atomic E-state index is 12.7. The van der Waals surface area contributed by atoms with Crippen molar-refractivity contribution < 1.29 is 27.4 Å². The highest BCUT2D eigenvalue weighted by atomic mass is 19.4. The number of hydrogen-bond acceptors (Lipinski definition) is 6. The Kier molecular flexibility index (Phi) is 6.89. The van der Waals surface area contributed by atoms with Crippen LogP contribution >= 0.6 is 0 Å². The average Bonchev–Trinajstić information content (AvgIpc) is 2.77. The lowest BCUT2D eigenvalue weighted by Gasteiger charge is -2.38. The van der Waals surface area contributed by atoms with Crippen molar-refractivity contribution in [1.82, 2.24) is 9.88 Å². The van der Waals surface area contributed by atoms with Crippen molar-refractivity contribution in [2.24, 2.45) is 0 Å². The quantitative estimate of drug-likeness (QED) is 0.747. The molecule has 10 heteroatoms. The normalized spacial score (nSPS) is 16.0. The minimum absolute atomic E-state index is 0.170. The van der Waals surface area contributed by atoms with E-state index in [2.05, 4.69) is 10.3 Å². The lowest BCUT2D eigenvalue weighted by atomic mass is 10.2. The molecule has 1 aliphatic rings. The van der Waals surface area contributed by atoms with Crippen LogP contribution in [0.1, 0.15) is 12.5 Å². The second-order valence-corrected chi connectivity index (χ2v) is 7.19. The number of aromatic nitrogens is 1. The van der Waals surface area contributed by atoms with Gasteiger partial charge in [-0.15, -0.1) is 0 Å². The van der Waals surface area contributed by atoms with Crippen molar-refractivity contribution >= 4 is 17.4 Å². The molecule has 2 heterocycles. The predicted octanol–water partition coefficient (Wildman–Crippen LogP) is 3.27. The average molecular weight is 438 g/mol. The Labute approximate surface area is 178 Å². The number of rotatable bonds is 6. The van der Waals surface area contributed by atoms with Gasteiger partial charge in [0.2, 0.25) is 5.91 Å². The summed E-state index contributed by atoms with van der Waals surface area (Å²) in [7, 11) is 3.07. The van der Waals surface area contributed by atoms with Gasteiger partial charge in [-0.2, -0.15) is 13.2 Å². The van der Waals surface area contributed by atoms with Gasteiger partial charge in [0.25, 0.3) is 0 Å². The molecule has 0 radical (unpaired) electrons. The number of hydrogen-bond donors (Lipinski definition) is 1. The van der Waals surface area contributed by atoms with E-state index < -0.39 is 11.7 Å². The molecule has 1 fully saturated rings. The Bertz CT molecular complexity index is 875. The van der Waals surface area contributed by atoms with Crippen LogP contribution < -0.4 is 19.7 Å². The molecule has 1 N–H and O–H groups in total. The third-order valence-corrected chi connectivity index (χ3v) is 5.26. The highest BCUT2D eigenvalue weighted by molar-refractivity contribution is 5.95. The van der Waals surface area contributed by atoms with Crippen LogP contribution in [0.4, 0.5) is 24.7 Å². The molecule has 0 spiro atoms. The van der Waals surface area contributed by atoms with Crippen molar-refractivity contribution in [3.63, 3.8) is 0 Å². The number of benzene rings is 1. The van der Waals surface area contributed by atoms with Gasteiger partial charge in [0, 0.05) is 56.3 Å². The number of pyridine rings is 1. The monoisotopic (exact) mass is 438 g/mol. The molecule has 1 saturated heterocycles. The van der Waals surface area contributed by atoms with E-state index in [0.717, 1.165) is 12.3 Å². The van der Waals surface area contributed by atoms with Crippen molar-refractivity contribution in [2.45, 2.75) is 19.1 Å². The SMILES string of the molecule is COc1cc(NC(=O)[C@@H](C)N2CCN(c3ccc(C(F)(F)F)cn3)CC2)cc(OC)c1. The molecule has 7 nitrogen and oxygen atoms in total. The molecule has 1 atom stereocenters. The summed E-state index contributed by atoms with van der Waals surface area (Å²) in [6.45, 7) is 4.10. The summed E-state index contributed by atoms with van der Waals surface area (Å²) >= 11 is 0. The van der Waals surface area contributed by atoms with Crippen molar-refractivity contribution in [2.75, 3.05) is 50.6 Å². The Morgan fingerprint density at radius 3 is 2.16 bits per heavy atom. The number of alkyl halides is 3. The first kappa shape index (κ1) is 22.7. The van der Waals surface area contributed by atoms with Crippen LogP contribution in [0, 0.1) is 0 Å². The molecule has 1 aromatic carbocycles. The highest BCUT2D eigenvalue weighted by Crippen LogP contribution is 2.30. The van der Waals surface area contributed by atoms with Gasteiger partial charge in [0.15, 0.2) is 0 Å². The van der Waals surface area contributed by atoms with Crippen molar-refractivity contribution in [1.29, 1.82) is 0 Å². The van der Waals surface area contributed by atoms with Crippen molar-refractivity contribution in [3.05, 3.63) is 42.1 Å². The zero-order chi connectivity index (χ0) is 22.6. The number of nitrogens with zero attached hydrogens (tertiary/aromatic N) is 3. The van der Waals surface area contributed by atoms with Gasteiger partial charge in [-0.25, -0.2) is 4.98 Å². The molecule has 3 rings (SSSR count). The van der Waals surface area contributed by atoms with E-state index in [1.165, 1.54) is 20.3 Å². The molecular formula is C21H25F3N4O3. The first-order valence-electron chi connectivity index (χ1n) is 9.77. The van der Waals surface area contributed by atoms with Crippen LogP contribution in [0.15, 0.2) is 36.5 Å². The van der Waals surface area contributed by atoms with E-state index in [-0.39, 0.29) is 11.9 Å². The van der Waals surface area contributed by atoms with Gasteiger partial charge < -0.3 is 19.7 Å². The third kappa shape index (κ3) is 5.57. The van der Waals surface area contributed by atoms with Crippen LogP contribution in [-0.4, -0.2) is 62.2 Å². The summed E-state index contributed by atoms with van der Waals surface area (Å²) in [4.78, 5) is 20.6. The van der Waals surface area contributed by atoms with Crippen LogP contribution in [0.25, 0.3) is 0 Å². The van der Waals surface area contributed by atoms with Crippen LogP contribution in [0.2, 0.25) is 0 Å². The fourth-order valence-electron chi connectivity index (χ4n) is 3.37. The van der Waals surface area contributed by atoms with Gasteiger partial charge in [0.1, 0.15) is 17.3 Å². The summed E-state index contributed by atoms with van der Waals surface area (Å²) in [5.74, 6) is 1.46. The van der Waals surface area contributed by atoms with Crippen molar-refractivity contribution in [3.8, 4) is 11.5 Å². The van der Waals surface area contributed by atoms with Crippen LogP contribution in [-0.2, 0) is 11.0 Å². The van der Waals surface area contributed by atoms with E-state index in [9.17, 15) is 18.0 Å². The summed E-state index contributed by atoms with van der Waals surface area (Å²) in [5.41, 5.74) is -0.199. The minimum atomic E-state index is -4.40. The molecule has 0 unspecified atom stereocenters. The second kappa shape index (κ2) is 9.42. The number of piperazine rings is 1. The third-order valence-electron chi connectivity index (χ3n) is 5.26. The molecule has 2 aromatic rings. The zero-order valence-corrected chi connectivity index (χ0v) is 17.6. The van der Waals surface area contributed by atoms with E-state index in [1.54, 1.807) is 18.2 Å². The smallest absolute Gasteiger partial charge is 0.417 e. The summed E-state index contributed by atoms with van der Waals surface area (Å²) in [5, 5.41) is 2.88. The largest absolute Gasteiger partial charge is 0.497 e. The van der Waals surface area contributed by atoms with Gasteiger partial charge in [0.05, 0.1) is 25.8 Å². The number of carbonyl (C=O) groups is 1. The number of anilines is 2. The number of ether oxygens (including phenoxy) is 2. The number of halogens is 3. The first-order chi connectivity index (χ1) is 14.7. The lowest BCUT2D eigenvalue weighted by Crippen LogP contribution is -2.53. The Morgan fingerprint density at radius 2 is 1.68 bits per heavy atom. The molecule has 168 valence electrons. The van der Waals surface area contributed by atoms with Gasteiger partial charge in [-0.1, -0.05) is 0 Å². The van der Waals surface area contributed by atoms with Crippen LogP contribution in [0.5, 0.6) is 11.5 Å². The maximum Gasteiger partial charge on any atom is 0.417 e. The van der Waals surface area contributed by atoms with Crippen LogP contribution in [0.3, 0.4) is 0 Å². The predicted molar refractivity (Wildman–Crippen MR) is 111 cm³/mol. The molecular weight excluding hydrogens is 413 g/mol. The van der Waals surface area contributed by atoms with Gasteiger partial charge >= 0.3 is 6.18 Å². The van der Waals surface area contributed by atoms with E-state index in [1.807, 2.05) is 16.7 Å². The molecule has 0 bridgehead atoms. The standard InChI is InChI=1S/C21H25F3N4O3/c1-14(20(29)26-16-10-17(30-2)12-18(11-16)31-3)27-6-8-28(9-7-27)19-5-4-15(13-25-19)21(22,23)24/h4-5,10-14H,6-9H2,1-3H3,(H,26,29)/t14-/m1/s1. The highest BCUT2D eigenvalue weighted by Gasteiger charge is 2.31. The van der Waals surface area contributed by atoms with E-state index >= 15 is 0 Å². The molecule has 0 saturated carbocycles. The van der Waals surface area contributed by atoms with Gasteiger partial charge in [-0.05, 0) is 19.1 Å². The zero-order valence-electron chi connectivity index (χ0n) is 17.6. The second-order valence-electron chi connectivity index (χ2n) is 7.19. The number of methoxy groups -OCH3 is 2. The number of nitrogens with one attached hydrogen (secondary N) is 1. The lowest BCUT2D eigenvalue weighted by molar-refractivity contribution is -0.137. The van der Waals surface area contributed by atoms with E-state index in [0.29, 0.717) is 49.2 Å². The molecule has 0 aliphatic carbocycles.